The van der Waals surface area contributed by atoms with Crippen molar-refractivity contribution in [2.24, 2.45) is 11.8 Å². The van der Waals surface area contributed by atoms with Crippen molar-refractivity contribution in [1.29, 1.82) is 0 Å². The van der Waals surface area contributed by atoms with Crippen molar-refractivity contribution in [2.75, 3.05) is 23.7 Å². The van der Waals surface area contributed by atoms with Crippen molar-refractivity contribution in [3.05, 3.63) is 30.6 Å². The van der Waals surface area contributed by atoms with E-state index in [0.717, 1.165) is 41.4 Å². The molecule has 1 aromatic heterocycles. The lowest BCUT2D eigenvalue weighted by atomic mass is 9.91. The Balaban J connectivity index is 2.03. The Hall–Kier alpha value is -1.77. The van der Waals surface area contributed by atoms with E-state index in [4.69, 9.17) is 5.73 Å². The molecule has 19 heavy (non-hydrogen) atoms. The van der Waals surface area contributed by atoms with E-state index >= 15 is 0 Å². The second kappa shape index (κ2) is 4.72. The van der Waals surface area contributed by atoms with Gasteiger partial charge >= 0.3 is 0 Å². The monoisotopic (exact) mass is 255 g/mol. The highest BCUT2D eigenvalue weighted by Crippen LogP contribution is 2.34. The van der Waals surface area contributed by atoms with E-state index in [0.29, 0.717) is 0 Å². The first kappa shape index (κ1) is 12.3. The number of nitrogens with zero attached hydrogens (tertiary/aromatic N) is 2. The summed E-state index contributed by atoms with van der Waals surface area (Å²) in [5.74, 6) is 1.47. The summed E-state index contributed by atoms with van der Waals surface area (Å²) in [5, 5.41) is 2.22. The van der Waals surface area contributed by atoms with Crippen LogP contribution in [0.2, 0.25) is 0 Å². The van der Waals surface area contributed by atoms with Gasteiger partial charge in [0.2, 0.25) is 0 Å². The second-order valence-corrected chi connectivity index (χ2v) is 5.95. The zero-order chi connectivity index (χ0) is 13.4. The Bertz CT molecular complexity index is 584. The maximum atomic E-state index is 6.37. The first-order valence-electron chi connectivity index (χ1n) is 7.02. The Kier molecular flexibility index (Phi) is 3.05. The molecule has 0 spiro atoms. The number of hydrogen-bond donors (Lipinski definition) is 1. The highest BCUT2D eigenvalue weighted by Gasteiger charge is 2.23. The van der Waals surface area contributed by atoms with Gasteiger partial charge in [0.05, 0.1) is 11.4 Å². The number of benzene rings is 1. The Morgan fingerprint density at radius 3 is 2.63 bits per heavy atom. The summed E-state index contributed by atoms with van der Waals surface area (Å²) in [6.07, 6.45) is 4.99. The molecule has 0 saturated carbocycles. The highest BCUT2D eigenvalue weighted by molar-refractivity contribution is 5.98. The number of piperidine rings is 1. The van der Waals surface area contributed by atoms with Crippen molar-refractivity contribution in [2.45, 2.75) is 20.3 Å². The molecule has 3 nitrogen and oxygen atoms in total. The minimum atomic E-state index is 0.733. The van der Waals surface area contributed by atoms with E-state index in [2.05, 4.69) is 35.9 Å². The van der Waals surface area contributed by atoms with Gasteiger partial charge in [-0.1, -0.05) is 19.9 Å². The summed E-state index contributed by atoms with van der Waals surface area (Å²) < 4.78 is 0. The lowest BCUT2D eigenvalue weighted by Gasteiger charge is -2.37. The Labute approximate surface area is 114 Å². The lowest BCUT2D eigenvalue weighted by Crippen LogP contribution is -2.39. The lowest BCUT2D eigenvalue weighted by molar-refractivity contribution is 0.357. The summed E-state index contributed by atoms with van der Waals surface area (Å²) in [6.45, 7) is 6.85. The van der Waals surface area contributed by atoms with E-state index in [1.54, 1.807) is 0 Å². The number of rotatable bonds is 1. The topological polar surface area (TPSA) is 42.2 Å². The number of fused-ring (bicyclic) bond motifs is 1. The number of hydrogen-bond acceptors (Lipinski definition) is 3. The molecule has 0 aliphatic carbocycles. The molecule has 100 valence electrons. The van der Waals surface area contributed by atoms with Gasteiger partial charge in [0.25, 0.3) is 0 Å². The molecule has 2 atom stereocenters. The fourth-order valence-electron chi connectivity index (χ4n) is 3.32. The Morgan fingerprint density at radius 2 is 1.89 bits per heavy atom. The first-order valence-corrected chi connectivity index (χ1v) is 7.02. The van der Waals surface area contributed by atoms with E-state index < -0.39 is 0 Å². The molecule has 0 amide bonds. The van der Waals surface area contributed by atoms with Gasteiger partial charge in [0, 0.05) is 36.3 Å². The summed E-state index contributed by atoms with van der Waals surface area (Å²) in [7, 11) is 0. The first-order chi connectivity index (χ1) is 9.15. The zero-order valence-corrected chi connectivity index (χ0v) is 11.6. The summed E-state index contributed by atoms with van der Waals surface area (Å²) >= 11 is 0. The quantitative estimate of drug-likeness (QED) is 0.795. The molecule has 2 heterocycles. The molecular weight excluding hydrogens is 234 g/mol. The SMILES string of the molecule is CC1CC(C)CN(c2ccc3cnccc3c2N)C1. The predicted octanol–water partition coefficient (Wildman–Crippen LogP) is 3.30. The molecule has 1 aromatic carbocycles. The summed E-state index contributed by atoms with van der Waals surface area (Å²) in [5.41, 5.74) is 8.44. The Morgan fingerprint density at radius 1 is 1.16 bits per heavy atom. The largest absolute Gasteiger partial charge is 0.397 e. The molecule has 3 heteroatoms. The molecular formula is C16H21N3. The van der Waals surface area contributed by atoms with Crippen LogP contribution < -0.4 is 10.6 Å². The third kappa shape index (κ3) is 2.25. The molecule has 1 saturated heterocycles. The van der Waals surface area contributed by atoms with E-state index in [1.807, 2.05) is 18.5 Å². The van der Waals surface area contributed by atoms with Gasteiger partial charge in [-0.2, -0.15) is 0 Å². The number of anilines is 2. The van der Waals surface area contributed by atoms with Crippen LogP contribution in [0, 0.1) is 11.8 Å². The van der Waals surface area contributed by atoms with Crippen LogP contribution in [0.4, 0.5) is 11.4 Å². The molecule has 1 aliphatic rings. The van der Waals surface area contributed by atoms with Crippen LogP contribution in [-0.2, 0) is 0 Å². The van der Waals surface area contributed by atoms with Gasteiger partial charge in [0.1, 0.15) is 0 Å². The number of nitrogens with two attached hydrogens (primary N) is 1. The van der Waals surface area contributed by atoms with Gasteiger partial charge < -0.3 is 10.6 Å². The van der Waals surface area contributed by atoms with Crippen molar-refractivity contribution >= 4 is 22.1 Å². The van der Waals surface area contributed by atoms with E-state index in [-0.39, 0.29) is 0 Å². The van der Waals surface area contributed by atoms with Gasteiger partial charge in [-0.25, -0.2) is 0 Å². The number of nitrogen functional groups attached to an aromatic ring is 1. The molecule has 0 bridgehead atoms. The molecule has 2 unspecified atom stereocenters. The predicted molar refractivity (Wildman–Crippen MR) is 81.3 cm³/mol. The number of aromatic nitrogens is 1. The third-order valence-corrected chi connectivity index (χ3v) is 4.05. The fourth-order valence-corrected chi connectivity index (χ4v) is 3.32. The fraction of sp³-hybridized carbons (Fsp3) is 0.438. The van der Waals surface area contributed by atoms with Crippen LogP contribution >= 0.6 is 0 Å². The van der Waals surface area contributed by atoms with Gasteiger partial charge in [-0.15, -0.1) is 0 Å². The van der Waals surface area contributed by atoms with E-state index in [9.17, 15) is 0 Å². The zero-order valence-electron chi connectivity index (χ0n) is 11.6. The van der Waals surface area contributed by atoms with Crippen molar-refractivity contribution in [3.63, 3.8) is 0 Å². The van der Waals surface area contributed by atoms with Crippen LogP contribution in [-0.4, -0.2) is 18.1 Å². The number of pyridine rings is 1. The van der Waals surface area contributed by atoms with Gasteiger partial charge in [-0.3, -0.25) is 4.98 Å². The smallest absolute Gasteiger partial charge is 0.0632 e. The molecule has 3 rings (SSSR count). The minimum Gasteiger partial charge on any atom is -0.397 e. The molecule has 1 fully saturated rings. The van der Waals surface area contributed by atoms with Crippen LogP contribution in [0.25, 0.3) is 10.8 Å². The highest BCUT2D eigenvalue weighted by atomic mass is 15.1. The third-order valence-electron chi connectivity index (χ3n) is 4.05. The standard InChI is InChI=1S/C16H21N3/c1-11-7-12(2)10-19(9-11)15-4-3-13-8-18-6-5-14(13)16(15)17/h3-6,8,11-12H,7,9-10,17H2,1-2H3. The van der Waals surface area contributed by atoms with Gasteiger partial charge in [-0.05, 0) is 30.4 Å². The maximum absolute atomic E-state index is 6.37. The molecule has 2 aromatic rings. The van der Waals surface area contributed by atoms with Crippen LogP contribution in [0.15, 0.2) is 30.6 Å². The molecule has 0 radical (unpaired) electrons. The van der Waals surface area contributed by atoms with E-state index in [1.165, 1.54) is 12.1 Å². The van der Waals surface area contributed by atoms with Crippen molar-refractivity contribution in [3.8, 4) is 0 Å². The second-order valence-electron chi connectivity index (χ2n) is 5.95. The molecule has 1 aliphatic heterocycles. The van der Waals surface area contributed by atoms with Crippen molar-refractivity contribution < 1.29 is 0 Å². The molecule has 2 N–H and O–H groups in total. The van der Waals surface area contributed by atoms with Gasteiger partial charge in [0.15, 0.2) is 0 Å². The van der Waals surface area contributed by atoms with Crippen LogP contribution in [0.3, 0.4) is 0 Å². The summed E-state index contributed by atoms with van der Waals surface area (Å²) in [6, 6.07) is 6.27. The minimum absolute atomic E-state index is 0.733. The summed E-state index contributed by atoms with van der Waals surface area (Å²) in [4.78, 5) is 6.59. The average Bonchev–Trinajstić information content (AvgIpc) is 2.38. The van der Waals surface area contributed by atoms with Crippen LogP contribution in [0.5, 0.6) is 0 Å². The maximum Gasteiger partial charge on any atom is 0.0632 e. The average molecular weight is 255 g/mol. The van der Waals surface area contributed by atoms with Crippen LogP contribution in [0.1, 0.15) is 20.3 Å². The normalized spacial score (nSPS) is 23.8. The van der Waals surface area contributed by atoms with Crippen molar-refractivity contribution in [1.82, 2.24) is 4.98 Å².